The Kier molecular flexibility index (Phi) is 14.9. The molecule has 0 N–H and O–H groups in total. The molecule has 0 spiro atoms. The molecule has 29 heavy (non-hydrogen) atoms. The second-order valence-corrected chi connectivity index (χ2v) is 9.64. The lowest BCUT2D eigenvalue weighted by atomic mass is 10.1. The predicted octanol–water partition coefficient (Wildman–Crippen LogP) is 7.74. The predicted molar refractivity (Wildman–Crippen MR) is 124 cm³/mol. The minimum Gasteiger partial charge on any atom is -0.266 e. The number of hydrogen-bond donors (Lipinski definition) is 0. The molecule has 0 saturated heterocycles. The van der Waals surface area contributed by atoms with Crippen LogP contribution in [0.4, 0.5) is 0 Å². The van der Waals surface area contributed by atoms with E-state index in [9.17, 15) is 8.42 Å². The molecule has 0 saturated carbocycles. The van der Waals surface area contributed by atoms with E-state index < -0.39 is 10.1 Å². The fraction of sp³-hybridized carbons (Fsp3) is 0.680. The average molecular weight is 423 g/mol. The molecule has 0 aliphatic carbocycles. The smallest absolute Gasteiger partial charge is 0.266 e. The summed E-state index contributed by atoms with van der Waals surface area (Å²) in [4.78, 5) is 0.243. The summed E-state index contributed by atoms with van der Waals surface area (Å²) in [5.74, 6) is 0. The van der Waals surface area contributed by atoms with E-state index in [2.05, 4.69) is 19.1 Å². The molecule has 0 amide bonds. The van der Waals surface area contributed by atoms with E-state index in [1.54, 1.807) is 24.3 Å². The van der Waals surface area contributed by atoms with E-state index in [0.717, 1.165) is 24.8 Å². The average Bonchev–Trinajstić information content (AvgIpc) is 2.70. The Morgan fingerprint density at radius 3 is 1.76 bits per heavy atom. The minimum absolute atomic E-state index is 0.243. The lowest BCUT2D eigenvalue weighted by Crippen LogP contribution is -2.07. The van der Waals surface area contributed by atoms with E-state index in [-0.39, 0.29) is 11.5 Å². The number of unbranched alkanes of at least 4 members (excludes halogenated alkanes) is 12. The summed E-state index contributed by atoms with van der Waals surface area (Å²) in [6.45, 7) is 4.47. The largest absolute Gasteiger partial charge is 0.296 e. The lowest BCUT2D eigenvalue weighted by Gasteiger charge is -2.06. The maximum atomic E-state index is 12.1. The molecule has 0 aliphatic heterocycles. The third-order valence-corrected chi connectivity index (χ3v) is 6.53. The van der Waals surface area contributed by atoms with Crippen molar-refractivity contribution in [3.05, 3.63) is 42.0 Å². The number of benzene rings is 1. The first kappa shape index (κ1) is 25.9. The monoisotopic (exact) mass is 422 g/mol. The van der Waals surface area contributed by atoms with Gasteiger partial charge in [0.15, 0.2) is 0 Å². The Morgan fingerprint density at radius 1 is 0.724 bits per heavy atom. The van der Waals surface area contributed by atoms with Crippen LogP contribution in [0.15, 0.2) is 41.3 Å². The van der Waals surface area contributed by atoms with Crippen molar-refractivity contribution in [1.82, 2.24) is 0 Å². The van der Waals surface area contributed by atoms with Crippen molar-refractivity contribution >= 4 is 10.1 Å². The molecule has 0 aliphatic rings. The maximum Gasteiger partial charge on any atom is 0.296 e. The van der Waals surface area contributed by atoms with Crippen molar-refractivity contribution in [3.63, 3.8) is 0 Å². The fourth-order valence-corrected chi connectivity index (χ4v) is 4.23. The maximum absolute atomic E-state index is 12.1. The molecule has 0 fully saturated rings. The molecule has 0 heterocycles. The zero-order valence-electron chi connectivity index (χ0n) is 18.7. The van der Waals surface area contributed by atoms with Gasteiger partial charge in [0.2, 0.25) is 0 Å². The van der Waals surface area contributed by atoms with Crippen LogP contribution in [-0.2, 0) is 14.3 Å². The zero-order chi connectivity index (χ0) is 21.2. The topological polar surface area (TPSA) is 43.4 Å². The molecule has 0 radical (unpaired) electrons. The van der Waals surface area contributed by atoms with Crippen LogP contribution in [0.5, 0.6) is 0 Å². The molecule has 3 nitrogen and oxygen atoms in total. The molecule has 1 rings (SSSR count). The van der Waals surface area contributed by atoms with E-state index in [1.165, 1.54) is 70.6 Å². The van der Waals surface area contributed by atoms with Gasteiger partial charge < -0.3 is 0 Å². The van der Waals surface area contributed by atoms with Gasteiger partial charge in [0.1, 0.15) is 0 Å². The third kappa shape index (κ3) is 13.7. The Hall–Kier alpha value is -1.13. The van der Waals surface area contributed by atoms with Gasteiger partial charge in [-0.3, -0.25) is 4.18 Å². The first-order valence-electron chi connectivity index (χ1n) is 11.7. The van der Waals surface area contributed by atoms with E-state index in [1.807, 2.05) is 6.92 Å². The SMILES string of the molecule is CCCCCCCCC=CCCCCCCCCOS(=O)(=O)c1ccc(C)cc1. The highest BCUT2D eigenvalue weighted by Gasteiger charge is 2.14. The highest BCUT2D eigenvalue weighted by molar-refractivity contribution is 7.86. The van der Waals surface area contributed by atoms with Crippen LogP contribution in [-0.4, -0.2) is 15.0 Å². The third-order valence-electron chi connectivity index (χ3n) is 5.20. The van der Waals surface area contributed by atoms with Gasteiger partial charge in [0.25, 0.3) is 10.1 Å². The van der Waals surface area contributed by atoms with Crippen molar-refractivity contribution in [3.8, 4) is 0 Å². The molecule has 4 heteroatoms. The summed E-state index contributed by atoms with van der Waals surface area (Å²) in [6.07, 6.45) is 22.0. The van der Waals surface area contributed by atoms with Crippen molar-refractivity contribution in [1.29, 1.82) is 0 Å². The molecule has 0 unspecified atom stereocenters. The molecule has 1 aromatic carbocycles. The molecular weight excluding hydrogens is 380 g/mol. The Balaban J connectivity index is 1.91. The van der Waals surface area contributed by atoms with E-state index >= 15 is 0 Å². The van der Waals surface area contributed by atoms with Gasteiger partial charge >= 0.3 is 0 Å². The molecule has 0 bridgehead atoms. The number of allylic oxidation sites excluding steroid dienone is 2. The molecule has 166 valence electrons. The highest BCUT2D eigenvalue weighted by atomic mass is 32.2. The van der Waals surface area contributed by atoms with Gasteiger partial charge in [-0.15, -0.1) is 0 Å². The van der Waals surface area contributed by atoms with E-state index in [0.29, 0.717) is 0 Å². The molecule has 0 aromatic heterocycles. The molecule has 0 atom stereocenters. The van der Waals surface area contributed by atoms with Crippen LogP contribution in [0.3, 0.4) is 0 Å². The Labute approximate surface area is 180 Å². The van der Waals surface area contributed by atoms with Crippen molar-refractivity contribution < 1.29 is 12.6 Å². The van der Waals surface area contributed by atoms with Crippen LogP contribution in [0.25, 0.3) is 0 Å². The lowest BCUT2D eigenvalue weighted by molar-refractivity contribution is 0.306. The van der Waals surface area contributed by atoms with Gasteiger partial charge in [-0.2, -0.15) is 8.42 Å². The summed E-state index contributed by atoms with van der Waals surface area (Å²) < 4.78 is 29.3. The first-order chi connectivity index (χ1) is 14.1. The Morgan fingerprint density at radius 2 is 1.21 bits per heavy atom. The minimum atomic E-state index is -3.61. The van der Waals surface area contributed by atoms with Crippen molar-refractivity contribution in [2.45, 2.75) is 109 Å². The van der Waals surface area contributed by atoms with Crippen LogP contribution in [0.2, 0.25) is 0 Å². The summed E-state index contributed by atoms with van der Waals surface area (Å²) in [7, 11) is -3.61. The number of aryl methyl sites for hydroxylation is 1. The zero-order valence-corrected chi connectivity index (χ0v) is 19.5. The fourth-order valence-electron chi connectivity index (χ4n) is 3.29. The summed E-state index contributed by atoms with van der Waals surface area (Å²) in [5, 5.41) is 0. The van der Waals surface area contributed by atoms with Gasteiger partial charge in [-0.25, -0.2) is 0 Å². The first-order valence-corrected chi connectivity index (χ1v) is 13.1. The highest BCUT2D eigenvalue weighted by Crippen LogP contribution is 2.15. The van der Waals surface area contributed by atoms with Gasteiger partial charge in [0.05, 0.1) is 11.5 Å². The summed E-state index contributed by atoms with van der Waals surface area (Å²) in [6, 6.07) is 6.79. The summed E-state index contributed by atoms with van der Waals surface area (Å²) in [5.41, 5.74) is 1.04. The normalized spacial score (nSPS) is 12.1. The van der Waals surface area contributed by atoms with Gasteiger partial charge in [0, 0.05) is 0 Å². The van der Waals surface area contributed by atoms with Crippen molar-refractivity contribution in [2.24, 2.45) is 0 Å². The summed E-state index contributed by atoms with van der Waals surface area (Å²) >= 11 is 0. The van der Waals surface area contributed by atoms with Crippen LogP contribution in [0.1, 0.15) is 102 Å². The van der Waals surface area contributed by atoms with Crippen LogP contribution in [0, 0.1) is 6.92 Å². The van der Waals surface area contributed by atoms with Crippen LogP contribution >= 0.6 is 0 Å². The Bertz CT molecular complexity index is 633. The number of rotatable bonds is 18. The number of hydrogen-bond acceptors (Lipinski definition) is 3. The van der Waals surface area contributed by atoms with Crippen molar-refractivity contribution in [2.75, 3.05) is 6.61 Å². The van der Waals surface area contributed by atoms with E-state index in [4.69, 9.17) is 4.18 Å². The molecule has 1 aromatic rings. The quantitative estimate of drug-likeness (QED) is 0.138. The van der Waals surface area contributed by atoms with Gasteiger partial charge in [-0.05, 0) is 51.2 Å². The second-order valence-electron chi connectivity index (χ2n) is 8.03. The second kappa shape index (κ2) is 16.6. The van der Waals surface area contributed by atoms with Crippen LogP contribution < -0.4 is 0 Å². The standard InChI is InChI=1S/C25H42O3S/c1-3-4-5-6-7-8-9-10-11-12-13-14-15-16-17-18-23-28-29(26,27)25-21-19-24(2)20-22-25/h10-11,19-22H,3-9,12-18,23H2,1-2H3. The molecular formula is C25H42O3S. The van der Waals surface area contributed by atoms with Gasteiger partial charge in [-0.1, -0.05) is 94.6 Å².